The van der Waals surface area contributed by atoms with E-state index in [9.17, 15) is 22.5 Å². The van der Waals surface area contributed by atoms with Gasteiger partial charge in [-0.25, -0.2) is 9.59 Å². The number of carboxylic acid groups (broad SMARTS) is 3. The van der Waals surface area contributed by atoms with E-state index in [2.05, 4.69) is 0 Å². The topological polar surface area (TPSA) is 155 Å². The molecule has 0 saturated carbocycles. The van der Waals surface area contributed by atoms with Crippen LogP contribution in [0.2, 0.25) is 0 Å². The summed E-state index contributed by atoms with van der Waals surface area (Å²) >= 11 is 0. The van der Waals surface area contributed by atoms with Gasteiger partial charge in [-0.1, -0.05) is 18.2 Å². The Balaban J connectivity index is -0.000000120. The third kappa shape index (κ3) is 52.3. The van der Waals surface area contributed by atoms with Gasteiger partial charge in [0.15, 0.2) is 0 Å². The van der Waals surface area contributed by atoms with E-state index in [0.717, 1.165) is 0 Å². The number of hydrogen-bond acceptors (Lipinski definition) is 6. The van der Waals surface area contributed by atoms with Gasteiger partial charge in [-0.3, -0.25) is 12.9 Å². The summed E-state index contributed by atoms with van der Waals surface area (Å²) in [6.45, 7) is -0.889. The summed E-state index contributed by atoms with van der Waals surface area (Å²) in [4.78, 5) is 28.1. The molecule has 0 spiro atoms. The van der Waals surface area contributed by atoms with E-state index in [0.29, 0.717) is 17.9 Å². The molecule has 13 heteroatoms. The molecule has 0 unspecified atom stereocenters. The van der Waals surface area contributed by atoms with Crippen LogP contribution in [0.4, 0.5) is 12.9 Å². The molecule has 1 rings (SSSR count). The first kappa shape index (κ1) is 30.5. The molecule has 25 heavy (non-hydrogen) atoms. The third-order valence-electron chi connectivity index (χ3n) is 1.25. The molecule has 134 valence electrons. The van der Waals surface area contributed by atoms with E-state index in [1.165, 1.54) is 0 Å². The van der Waals surface area contributed by atoms with Crippen molar-refractivity contribution in [2.75, 3.05) is 6.61 Å². The Morgan fingerprint density at radius 2 is 1.28 bits per heavy atom. The van der Waals surface area contributed by atoms with Gasteiger partial charge >= 0.3 is 38.3 Å². The van der Waals surface area contributed by atoms with E-state index >= 15 is 0 Å². The summed E-state index contributed by atoms with van der Waals surface area (Å²) in [6.07, 6.45) is 1.12. The molecule has 0 radical (unpaired) electrons. The number of phenolic OH excluding ortho intramolecular Hbond substituents is 1. The van der Waals surface area contributed by atoms with Crippen molar-refractivity contribution in [2.45, 2.75) is 0 Å². The molecule has 0 heterocycles. The number of hydrogen-bond donors (Lipinski definition) is 4. The number of aliphatic hydroxyl groups excluding tert-OH is 1. The van der Waals surface area contributed by atoms with Gasteiger partial charge in [0.05, 0.1) is 12.6 Å². The minimum Gasteiger partial charge on any atom is -0.548 e. The quantitative estimate of drug-likeness (QED) is 0.323. The van der Waals surface area contributed by atoms with E-state index in [-0.39, 0.29) is 18.9 Å². The minimum atomic E-state index is -3.67. The zero-order chi connectivity index (χ0) is 19.5. The molecular formula is C12H13BF3LiO8. The normalized spacial score (nSPS) is 8.00. The van der Waals surface area contributed by atoms with Crippen molar-refractivity contribution in [3.63, 3.8) is 0 Å². The summed E-state index contributed by atoms with van der Waals surface area (Å²) in [5.74, 6) is -3.63. The molecular weight excluding hydrogens is 347 g/mol. The number of benzene rings is 1. The molecule has 0 atom stereocenters. The van der Waals surface area contributed by atoms with Crippen LogP contribution in [-0.2, 0) is 14.4 Å². The zero-order valence-corrected chi connectivity index (χ0v) is 12.9. The number of para-hydroxylation sites is 1. The molecule has 1 aromatic carbocycles. The summed E-state index contributed by atoms with van der Waals surface area (Å²) in [7, 11) is -3.67. The van der Waals surface area contributed by atoms with E-state index in [1.54, 1.807) is 24.3 Å². The van der Waals surface area contributed by atoms with E-state index < -0.39 is 32.1 Å². The number of carbonyl (C=O) groups is 3. The number of halogens is 3. The Hall–Kier alpha value is -2.42. The Morgan fingerprint density at radius 1 is 1.00 bits per heavy atom. The maximum Gasteiger partial charge on any atom is 1.00 e. The van der Waals surface area contributed by atoms with Crippen molar-refractivity contribution in [3.8, 4) is 5.75 Å². The fraction of sp³-hybridized carbons (Fsp3) is 0.0833. The van der Waals surface area contributed by atoms with Gasteiger partial charge in [-0.2, -0.15) is 0 Å². The summed E-state index contributed by atoms with van der Waals surface area (Å²) in [5.41, 5.74) is 0. The SMILES string of the molecule is FB(F)F.O=C(O)/C=C\C(=O)O.O=C([O-])CO.Oc1ccccc1.[Li+]. The van der Waals surface area contributed by atoms with Crippen LogP contribution in [-0.4, -0.2) is 52.5 Å². The molecule has 0 aliphatic rings. The van der Waals surface area contributed by atoms with Crippen molar-refractivity contribution in [3.05, 3.63) is 42.5 Å². The van der Waals surface area contributed by atoms with Crippen LogP contribution in [0, 0.1) is 0 Å². The van der Waals surface area contributed by atoms with Crippen molar-refractivity contribution in [1.82, 2.24) is 0 Å². The predicted molar refractivity (Wildman–Crippen MR) is 73.7 cm³/mol. The molecule has 0 bridgehead atoms. The van der Waals surface area contributed by atoms with Crippen LogP contribution in [0.15, 0.2) is 42.5 Å². The minimum absolute atomic E-state index is 0. The van der Waals surface area contributed by atoms with Gasteiger partial charge in [0, 0.05) is 12.2 Å². The molecule has 0 aliphatic heterocycles. The molecule has 0 saturated heterocycles. The maximum absolute atomic E-state index is 9.67. The van der Waals surface area contributed by atoms with Crippen LogP contribution in [0.5, 0.6) is 5.75 Å². The average Bonchev–Trinajstić information content (AvgIpc) is 2.46. The van der Waals surface area contributed by atoms with Crippen LogP contribution < -0.4 is 24.0 Å². The van der Waals surface area contributed by atoms with Crippen LogP contribution >= 0.6 is 0 Å². The molecule has 0 fully saturated rings. The molecule has 0 aliphatic carbocycles. The smallest absolute Gasteiger partial charge is 0.548 e. The molecule has 0 aromatic heterocycles. The van der Waals surface area contributed by atoms with Crippen molar-refractivity contribution in [2.24, 2.45) is 0 Å². The van der Waals surface area contributed by atoms with Crippen LogP contribution in [0.1, 0.15) is 0 Å². The largest absolute Gasteiger partial charge is 1.00 e. The van der Waals surface area contributed by atoms with Crippen LogP contribution in [0.25, 0.3) is 0 Å². The van der Waals surface area contributed by atoms with Gasteiger partial charge < -0.3 is 30.3 Å². The number of aromatic hydroxyl groups is 1. The monoisotopic (exact) mass is 360 g/mol. The second kappa shape index (κ2) is 21.6. The summed E-state index contributed by atoms with van der Waals surface area (Å²) in [5, 5.41) is 40.7. The van der Waals surface area contributed by atoms with E-state index in [1.807, 2.05) is 6.07 Å². The maximum atomic E-state index is 9.67. The number of rotatable bonds is 3. The van der Waals surface area contributed by atoms with Gasteiger partial charge in [0.2, 0.25) is 0 Å². The molecule has 1 aromatic rings. The number of aliphatic carboxylic acids is 3. The Labute approximate surface area is 152 Å². The van der Waals surface area contributed by atoms with Gasteiger partial charge in [0.1, 0.15) is 5.75 Å². The third-order valence-corrected chi connectivity index (χ3v) is 1.25. The van der Waals surface area contributed by atoms with E-state index in [4.69, 9.17) is 30.3 Å². The van der Waals surface area contributed by atoms with Gasteiger partial charge in [-0.15, -0.1) is 0 Å². The Kier molecular flexibility index (Phi) is 26.3. The first-order valence-electron chi connectivity index (χ1n) is 5.63. The number of phenols is 1. The van der Waals surface area contributed by atoms with Crippen LogP contribution in [0.3, 0.4) is 0 Å². The number of carbonyl (C=O) groups excluding carboxylic acids is 1. The summed E-state index contributed by atoms with van der Waals surface area (Å²) < 4.78 is 29.0. The van der Waals surface area contributed by atoms with Gasteiger partial charge in [0.25, 0.3) is 0 Å². The molecule has 4 N–H and O–H groups in total. The average molecular weight is 360 g/mol. The molecule has 0 amide bonds. The Bertz CT molecular complexity index is 484. The first-order valence-corrected chi connectivity index (χ1v) is 5.63. The standard InChI is InChI=1S/C6H6O.C4H4O4.C2H4O3.BF3.Li/c7-6-4-2-1-3-5-6;5-3(6)1-2-4(7)8;3-1-2(4)5;2-1(3)4;/h1-5,7H;1-2H,(H,5,6)(H,7,8);3H,1H2,(H,4,5);;/q;;;;+1/p-1/b;2-1-;;;. The summed E-state index contributed by atoms with van der Waals surface area (Å²) in [6, 6.07) is 8.71. The first-order chi connectivity index (χ1) is 11.0. The van der Waals surface area contributed by atoms with Crippen molar-refractivity contribution >= 4 is 25.5 Å². The zero-order valence-electron chi connectivity index (χ0n) is 12.9. The van der Waals surface area contributed by atoms with Crippen molar-refractivity contribution < 1.29 is 71.7 Å². The second-order valence-corrected chi connectivity index (χ2v) is 3.12. The molecule has 8 nitrogen and oxygen atoms in total. The van der Waals surface area contributed by atoms with Crippen molar-refractivity contribution in [1.29, 1.82) is 0 Å². The fourth-order valence-electron chi connectivity index (χ4n) is 0.571. The number of carboxylic acids is 3. The fourth-order valence-corrected chi connectivity index (χ4v) is 0.571. The predicted octanol–water partition coefficient (Wildman–Crippen LogP) is -3.28. The Morgan fingerprint density at radius 3 is 1.40 bits per heavy atom. The second-order valence-electron chi connectivity index (χ2n) is 3.12. The number of aliphatic hydroxyl groups is 1. The van der Waals surface area contributed by atoms with Gasteiger partial charge in [-0.05, 0) is 12.1 Å².